The molecule has 1 aliphatic heterocycles. The summed E-state index contributed by atoms with van der Waals surface area (Å²) in [7, 11) is 1.68. The monoisotopic (exact) mass is 416 g/mol. The lowest BCUT2D eigenvalue weighted by atomic mass is 9.89. The fourth-order valence-electron chi connectivity index (χ4n) is 4.17. The van der Waals surface area contributed by atoms with Crippen LogP contribution in [0.1, 0.15) is 24.1 Å². The molecule has 1 aliphatic rings. The Balaban J connectivity index is 1.48. The molecule has 3 aromatic rings. The van der Waals surface area contributed by atoms with E-state index in [2.05, 4.69) is 28.5 Å². The van der Waals surface area contributed by atoms with Crippen molar-refractivity contribution in [2.45, 2.75) is 31.3 Å². The van der Waals surface area contributed by atoms with E-state index in [9.17, 15) is 4.79 Å². The maximum absolute atomic E-state index is 13.1. The second-order valence-corrected chi connectivity index (χ2v) is 7.85. The van der Waals surface area contributed by atoms with Gasteiger partial charge in [-0.3, -0.25) is 9.78 Å². The standard InChI is InChI=1S/C26H28N2O3/c1-30-24-12-3-2-11-23(24)21-9-6-8-20(18-21)19-26(14-7-17-31-26)25(29)28-16-13-22-10-4-5-15-27-22/h2-6,8-12,15,18H,7,13-14,16-17,19H2,1H3,(H,28,29). The normalized spacial score (nSPS) is 18.0. The minimum absolute atomic E-state index is 0.0383. The molecule has 0 saturated carbocycles. The highest BCUT2D eigenvalue weighted by atomic mass is 16.5. The van der Waals surface area contributed by atoms with E-state index in [1.165, 1.54) is 0 Å². The van der Waals surface area contributed by atoms with Gasteiger partial charge in [0.05, 0.1) is 7.11 Å². The first-order valence-corrected chi connectivity index (χ1v) is 10.7. The second kappa shape index (κ2) is 9.75. The van der Waals surface area contributed by atoms with E-state index in [-0.39, 0.29) is 5.91 Å². The summed E-state index contributed by atoms with van der Waals surface area (Å²) in [6.45, 7) is 1.15. The predicted octanol–water partition coefficient (Wildman–Crippen LogP) is 4.21. The van der Waals surface area contributed by atoms with E-state index in [4.69, 9.17) is 9.47 Å². The molecule has 160 valence electrons. The molecule has 0 radical (unpaired) electrons. The Hall–Kier alpha value is -3.18. The number of aromatic nitrogens is 1. The van der Waals surface area contributed by atoms with Crippen molar-refractivity contribution in [1.82, 2.24) is 10.3 Å². The van der Waals surface area contributed by atoms with E-state index in [1.807, 2.05) is 48.5 Å². The molecule has 2 heterocycles. The number of rotatable bonds is 8. The number of amides is 1. The molecule has 1 atom stereocenters. The molecule has 1 fully saturated rings. The molecule has 5 heteroatoms. The van der Waals surface area contributed by atoms with Crippen molar-refractivity contribution in [1.29, 1.82) is 0 Å². The van der Waals surface area contributed by atoms with Gasteiger partial charge in [0.15, 0.2) is 5.60 Å². The Labute approximate surface area is 183 Å². The van der Waals surface area contributed by atoms with Crippen LogP contribution in [-0.2, 0) is 22.4 Å². The van der Waals surface area contributed by atoms with Crippen LogP contribution < -0.4 is 10.1 Å². The van der Waals surface area contributed by atoms with Crippen molar-refractivity contribution >= 4 is 5.91 Å². The predicted molar refractivity (Wildman–Crippen MR) is 121 cm³/mol. The topological polar surface area (TPSA) is 60.5 Å². The third kappa shape index (κ3) is 4.94. The Morgan fingerprint density at radius 1 is 1.13 bits per heavy atom. The Morgan fingerprint density at radius 2 is 2.00 bits per heavy atom. The number of para-hydroxylation sites is 1. The number of hydrogen-bond acceptors (Lipinski definition) is 4. The molecule has 1 saturated heterocycles. The Morgan fingerprint density at radius 3 is 2.77 bits per heavy atom. The lowest BCUT2D eigenvalue weighted by molar-refractivity contribution is -0.141. The van der Waals surface area contributed by atoms with Crippen LogP contribution in [0.3, 0.4) is 0 Å². The molecule has 1 aromatic heterocycles. The van der Waals surface area contributed by atoms with E-state index in [0.29, 0.717) is 26.0 Å². The molecule has 0 bridgehead atoms. The molecule has 1 unspecified atom stereocenters. The molecule has 0 spiro atoms. The molecule has 1 N–H and O–H groups in total. The van der Waals surface area contributed by atoms with Gasteiger partial charge >= 0.3 is 0 Å². The summed E-state index contributed by atoms with van der Waals surface area (Å²) in [5.74, 6) is 0.794. The van der Waals surface area contributed by atoms with Crippen LogP contribution >= 0.6 is 0 Å². The SMILES string of the molecule is COc1ccccc1-c1cccc(CC2(C(=O)NCCc3ccccn3)CCCO2)c1. The zero-order valence-corrected chi connectivity index (χ0v) is 17.8. The van der Waals surface area contributed by atoms with Gasteiger partial charge < -0.3 is 14.8 Å². The first-order chi connectivity index (χ1) is 15.2. The number of nitrogens with one attached hydrogen (secondary N) is 1. The van der Waals surface area contributed by atoms with Crippen molar-refractivity contribution in [2.24, 2.45) is 0 Å². The summed E-state index contributed by atoms with van der Waals surface area (Å²) < 4.78 is 11.6. The van der Waals surface area contributed by atoms with Gasteiger partial charge in [-0.05, 0) is 42.2 Å². The van der Waals surface area contributed by atoms with Crippen molar-refractivity contribution in [2.75, 3.05) is 20.3 Å². The summed E-state index contributed by atoms with van der Waals surface area (Å²) >= 11 is 0. The first-order valence-electron chi connectivity index (χ1n) is 10.7. The van der Waals surface area contributed by atoms with Gasteiger partial charge in [-0.15, -0.1) is 0 Å². The fourth-order valence-corrected chi connectivity index (χ4v) is 4.17. The van der Waals surface area contributed by atoms with Crippen LogP contribution in [0.2, 0.25) is 0 Å². The maximum Gasteiger partial charge on any atom is 0.252 e. The van der Waals surface area contributed by atoms with Crippen LogP contribution in [0.25, 0.3) is 11.1 Å². The molecule has 0 aliphatic carbocycles. The second-order valence-electron chi connectivity index (χ2n) is 7.85. The molecule has 1 amide bonds. The summed E-state index contributed by atoms with van der Waals surface area (Å²) in [5, 5.41) is 3.07. The summed E-state index contributed by atoms with van der Waals surface area (Å²) in [5.41, 5.74) is 3.33. The minimum atomic E-state index is -0.816. The summed E-state index contributed by atoms with van der Waals surface area (Å²) in [6.07, 6.45) is 4.63. The number of ether oxygens (including phenoxy) is 2. The fraction of sp³-hybridized carbons (Fsp3) is 0.308. The average Bonchev–Trinajstić information content (AvgIpc) is 3.29. The van der Waals surface area contributed by atoms with Crippen LogP contribution in [0, 0.1) is 0 Å². The Bertz CT molecular complexity index is 1010. The summed E-state index contributed by atoms with van der Waals surface area (Å²) in [6, 6.07) is 22.1. The van der Waals surface area contributed by atoms with E-state index < -0.39 is 5.60 Å². The smallest absolute Gasteiger partial charge is 0.252 e. The molecule has 31 heavy (non-hydrogen) atoms. The van der Waals surface area contributed by atoms with Crippen molar-refractivity contribution in [3.63, 3.8) is 0 Å². The van der Waals surface area contributed by atoms with E-state index in [1.54, 1.807) is 13.3 Å². The molecular weight excluding hydrogens is 388 g/mol. The molecule has 4 rings (SSSR count). The number of carbonyl (C=O) groups is 1. The average molecular weight is 417 g/mol. The highest BCUT2D eigenvalue weighted by molar-refractivity contribution is 5.86. The third-order valence-electron chi connectivity index (χ3n) is 5.74. The molecule has 2 aromatic carbocycles. The maximum atomic E-state index is 13.1. The number of pyridine rings is 1. The zero-order valence-electron chi connectivity index (χ0n) is 17.8. The Kier molecular flexibility index (Phi) is 6.63. The zero-order chi connectivity index (χ0) is 21.5. The van der Waals surface area contributed by atoms with Crippen LogP contribution in [0.5, 0.6) is 5.75 Å². The van der Waals surface area contributed by atoms with Gasteiger partial charge in [0.1, 0.15) is 5.75 Å². The number of methoxy groups -OCH3 is 1. The van der Waals surface area contributed by atoms with Gasteiger partial charge in [0, 0.05) is 43.4 Å². The largest absolute Gasteiger partial charge is 0.496 e. The van der Waals surface area contributed by atoms with Gasteiger partial charge in [-0.1, -0.05) is 48.5 Å². The number of benzene rings is 2. The lowest BCUT2D eigenvalue weighted by Crippen LogP contribution is -2.48. The van der Waals surface area contributed by atoms with E-state index in [0.717, 1.165) is 41.0 Å². The molecular formula is C26H28N2O3. The quantitative estimate of drug-likeness (QED) is 0.598. The number of nitrogens with zero attached hydrogens (tertiary/aromatic N) is 1. The lowest BCUT2D eigenvalue weighted by Gasteiger charge is -2.27. The van der Waals surface area contributed by atoms with Gasteiger partial charge in [0.2, 0.25) is 0 Å². The highest BCUT2D eigenvalue weighted by Gasteiger charge is 2.42. The number of hydrogen-bond donors (Lipinski definition) is 1. The first kappa shape index (κ1) is 21.1. The van der Waals surface area contributed by atoms with Crippen LogP contribution in [0.15, 0.2) is 72.9 Å². The van der Waals surface area contributed by atoms with Gasteiger partial charge in [-0.25, -0.2) is 0 Å². The highest BCUT2D eigenvalue weighted by Crippen LogP contribution is 2.33. The van der Waals surface area contributed by atoms with Crippen LogP contribution in [-0.4, -0.2) is 36.8 Å². The number of carbonyl (C=O) groups excluding carboxylic acids is 1. The third-order valence-corrected chi connectivity index (χ3v) is 5.74. The van der Waals surface area contributed by atoms with Crippen molar-refractivity contribution < 1.29 is 14.3 Å². The van der Waals surface area contributed by atoms with Crippen LogP contribution in [0.4, 0.5) is 0 Å². The van der Waals surface area contributed by atoms with Gasteiger partial charge in [0.25, 0.3) is 5.91 Å². The van der Waals surface area contributed by atoms with Crippen molar-refractivity contribution in [3.8, 4) is 16.9 Å². The summed E-state index contributed by atoms with van der Waals surface area (Å²) in [4.78, 5) is 17.5. The van der Waals surface area contributed by atoms with Crippen molar-refractivity contribution in [3.05, 3.63) is 84.2 Å². The molecule has 5 nitrogen and oxygen atoms in total. The van der Waals surface area contributed by atoms with E-state index >= 15 is 0 Å². The minimum Gasteiger partial charge on any atom is -0.496 e. The van der Waals surface area contributed by atoms with Gasteiger partial charge in [-0.2, -0.15) is 0 Å².